The second-order valence-corrected chi connectivity index (χ2v) is 7.69. The van der Waals surface area contributed by atoms with Gasteiger partial charge in [0.1, 0.15) is 0 Å². The number of carbonyl (C=O) groups is 4. The third kappa shape index (κ3) is 6.59. The van der Waals surface area contributed by atoms with Gasteiger partial charge in [0.2, 0.25) is 0 Å². The molecular formula is C24H19BrN4O5. The van der Waals surface area contributed by atoms with E-state index < -0.39 is 23.7 Å². The number of nitrogens with one attached hydrogen (secondary N) is 3. The molecular weight excluding hydrogens is 504 g/mol. The van der Waals surface area contributed by atoms with Crippen LogP contribution in [0, 0.1) is 0 Å². The van der Waals surface area contributed by atoms with Gasteiger partial charge in [0, 0.05) is 10.2 Å². The third-order valence-electron chi connectivity index (χ3n) is 4.44. The Balaban J connectivity index is 1.60. The number of rotatable bonds is 6. The Labute approximate surface area is 203 Å². The van der Waals surface area contributed by atoms with Gasteiger partial charge in [-0.3, -0.25) is 14.4 Å². The summed E-state index contributed by atoms with van der Waals surface area (Å²) in [6.07, 6.45) is 1.31. The topological polar surface area (TPSA) is 126 Å². The number of methoxy groups -OCH3 is 1. The predicted molar refractivity (Wildman–Crippen MR) is 131 cm³/mol. The lowest BCUT2D eigenvalue weighted by Gasteiger charge is -2.11. The van der Waals surface area contributed by atoms with E-state index in [1.807, 2.05) is 0 Å². The number of benzene rings is 3. The van der Waals surface area contributed by atoms with Crippen LogP contribution in [0.1, 0.15) is 26.3 Å². The zero-order valence-corrected chi connectivity index (χ0v) is 19.5. The van der Waals surface area contributed by atoms with Crippen molar-refractivity contribution in [2.45, 2.75) is 0 Å². The zero-order valence-electron chi connectivity index (χ0n) is 17.9. The number of nitrogens with zero attached hydrogens (tertiary/aromatic N) is 1. The van der Waals surface area contributed by atoms with Crippen molar-refractivity contribution in [1.29, 1.82) is 0 Å². The van der Waals surface area contributed by atoms with Gasteiger partial charge in [-0.05, 0) is 54.1 Å². The fraction of sp³-hybridized carbons (Fsp3) is 0.0417. The number of ether oxygens (including phenoxy) is 1. The molecule has 34 heavy (non-hydrogen) atoms. The molecule has 0 saturated heterocycles. The highest BCUT2D eigenvalue weighted by atomic mass is 79.9. The highest BCUT2D eigenvalue weighted by molar-refractivity contribution is 9.10. The van der Waals surface area contributed by atoms with E-state index >= 15 is 0 Å². The van der Waals surface area contributed by atoms with Gasteiger partial charge in [0.15, 0.2) is 0 Å². The van der Waals surface area contributed by atoms with Crippen LogP contribution in [0.4, 0.5) is 11.4 Å². The number of anilines is 2. The molecule has 0 radical (unpaired) electrons. The average Bonchev–Trinajstić information content (AvgIpc) is 2.85. The highest BCUT2D eigenvalue weighted by Gasteiger charge is 2.17. The molecule has 0 atom stereocenters. The SMILES string of the molecule is COC(=O)c1ccc(/C=N\NC(=O)C(=O)Nc2ccccc2C(=O)Nc2ccc(Br)cc2)cc1. The summed E-state index contributed by atoms with van der Waals surface area (Å²) in [4.78, 5) is 48.5. The Morgan fingerprint density at radius 2 is 1.53 bits per heavy atom. The van der Waals surface area contributed by atoms with Crippen LogP contribution in [0.5, 0.6) is 0 Å². The van der Waals surface area contributed by atoms with E-state index in [0.717, 1.165) is 4.47 Å². The van der Waals surface area contributed by atoms with E-state index in [1.165, 1.54) is 37.6 Å². The Kier molecular flexibility index (Phi) is 8.25. The fourth-order valence-corrected chi connectivity index (χ4v) is 3.00. The number of hydrogen-bond donors (Lipinski definition) is 3. The number of carbonyl (C=O) groups excluding carboxylic acids is 4. The molecule has 9 nitrogen and oxygen atoms in total. The zero-order chi connectivity index (χ0) is 24.5. The summed E-state index contributed by atoms with van der Waals surface area (Å²) in [7, 11) is 1.28. The molecule has 0 aliphatic heterocycles. The Hall–Kier alpha value is -4.31. The van der Waals surface area contributed by atoms with Crippen LogP contribution in [0.15, 0.2) is 82.4 Å². The Morgan fingerprint density at radius 3 is 2.21 bits per heavy atom. The van der Waals surface area contributed by atoms with Crippen molar-refractivity contribution < 1.29 is 23.9 Å². The lowest BCUT2D eigenvalue weighted by Crippen LogP contribution is -2.33. The first-order chi connectivity index (χ1) is 16.4. The van der Waals surface area contributed by atoms with Crippen LogP contribution in [0.3, 0.4) is 0 Å². The molecule has 3 aromatic carbocycles. The molecule has 0 heterocycles. The van der Waals surface area contributed by atoms with Crippen molar-refractivity contribution in [2.24, 2.45) is 5.10 Å². The van der Waals surface area contributed by atoms with E-state index in [-0.39, 0.29) is 11.3 Å². The van der Waals surface area contributed by atoms with E-state index in [9.17, 15) is 19.2 Å². The normalized spacial score (nSPS) is 10.4. The largest absolute Gasteiger partial charge is 0.465 e. The second kappa shape index (κ2) is 11.5. The Morgan fingerprint density at radius 1 is 0.853 bits per heavy atom. The molecule has 3 N–H and O–H groups in total. The predicted octanol–water partition coefficient (Wildman–Crippen LogP) is 3.58. The summed E-state index contributed by atoms with van der Waals surface area (Å²) in [6.45, 7) is 0. The second-order valence-electron chi connectivity index (χ2n) is 6.77. The average molecular weight is 523 g/mol. The lowest BCUT2D eigenvalue weighted by molar-refractivity contribution is -0.136. The molecule has 0 aliphatic rings. The van der Waals surface area contributed by atoms with E-state index in [2.05, 4.69) is 41.8 Å². The summed E-state index contributed by atoms with van der Waals surface area (Å²) < 4.78 is 5.49. The number of hydrazone groups is 1. The van der Waals surface area contributed by atoms with Crippen LogP contribution in [0.25, 0.3) is 0 Å². The summed E-state index contributed by atoms with van der Waals surface area (Å²) in [5, 5.41) is 8.88. The lowest BCUT2D eigenvalue weighted by atomic mass is 10.1. The quantitative estimate of drug-likeness (QED) is 0.197. The van der Waals surface area contributed by atoms with Gasteiger partial charge < -0.3 is 15.4 Å². The molecule has 0 saturated carbocycles. The van der Waals surface area contributed by atoms with Crippen LogP contribution in [-0.2, 0) is 14.3 Å². The number of para-hydroxylation sites is 1. The van der Waals surface area contributed by atoms with Gasteiger partial charge in [-0.1, -0.05) is 40.2 Å². The van der Waals surface area contributed by atoms with Crippen molar-refractivity contribution in [3.63, 3.8) is 0 Å². The molecule has 3 amide bonds. The van der Waals surface area contributed by atoms with Crippen molar-refractivity contribution in [3.05, 3.63) is 94.0 Å². The first kappa shape index (κ1) is 24.3. The monoisotopic (exact) mass is 522 g/mol. The first-order valence-corrected chi connectivity index (χ1v) is 10.7. The number of halogens is 1. The standard InChI is InChI=1S/C24H19BrN4O5/c1-34-24(33)16-8-6-15(7-9-16)14-26-29-23(32)22(31)28-20-5-3-2-4-19(20)21(30)27-18-12-10-17(25)11-13-18/h2-14H,1H3,(H,27,30)(H,28,31)(H,29,32)/b26-14-. The summed E-state index contributed by atoms with van der Waals surface area (Å²) in [5.41, 5.74) is 3.99. The van der Waals surface area contributed by atoms with E-state index in [0.29, 0.717) is 16.8 Å². The minimum Gasteiger partial charge on any atom is -0.465 e. The fourth-order valence-electron chi connectivity index (χ4n) is 2.74. The molecule has 172 valence electrons. The summed E-state index contributed by atoms with van der Waals surface area (Å²) >= 11 is 3.33. The van der Waals surface area contributed by atoms with Gasteiger partial charge in [-0.15, -0.1) is 0 Å². The molecule has 0 aliphatic carbocycles. The van der Waals surface area contributed by atoms with Gasteiger partial charge in [0.25, 0.3) is 5.91 Å². The van der Waals surface area contributed by atoms with Crippen molar-refractivity contribution in [1.82, 2.24) is 5.43 Å². The van der Waals surface area contributed by atoms with E-state index in [1.54, 1.807) is 48.5 Å². The van der Waals surface area contributed by atoms with Crippen LogP contribution >= 0.6 is 15.9 Å². The maximum Gasteiger partial charge on any atom is 0.337 e. The summed E-state index contributed by atoms with van der Waals surface area (Å²) in [5.74, 6) is -2.95. The highest BCUT2D eigenvalue weighted by Crippen LogP contribution is 2.19. The maximum absolute atomic E-state index is 12.7. The third-order valence-corrected chi connectivity index (χ3v) is 4.97. The number of esters is 1. The minimum absolute atomic E-state index is 0.166. The van der Waals surface area contributed by atoms with Gasteiger partial charge in [-0.2, -0.15) is 5.10 Å². The molecule has 10 heteroatoms. The number of hydrogen-bond acceptors (Lipinski definition) is 6. The van der Waals surface area contributed by atoms with Crippen LogP contribution in [0.2, 0.25) is 0 Å². The number of amides is 3. The van der Waals surface area contributed by atoms with Crippen LogP contribution < -0.4 is 16.1 Å². The van der Waals surface area contributed by atoms with Crippen LogP contribution in [-0.4, -0.2) is 37.0 Å². The molecule has 0 aromatic heterocycles. The molecule has 3 aromatic rings. The molecule has 3 rings (SSSR count). The van der Waals surface area contributed by atoms with Crippen molar-refractivity contribution in [3.8, 4) is 0 Å². The smallest absolute Gasteiger partial charge is 0.337 e. The molecule has 0 spiro atoms. The maximum atomic E-state index is 12.7. The Bertz CT molecular complexity index is 1240. The van der Waals surface area contributed by atoms with Gasteiger partial charge in [-0.25, -0.2) is 10.2 Å². The van der Waals surface area contributed by atoms with Crippen molar-refractivity contribution >= 4 is 57.2 Å². The van der Waals surface area contributed by atoms with E-state index in [4.69, 9.17) is 0 Å². The first-order valence-electron chi connectivity index (χ1n) is 9.86. The molecule has 0 fully saturated rings. The summed E-state index contributed by atoms with van der Waals surface area (Å²) in [6, 6.07) is 19.6. The molecule has 0 bridgehead atoms. The van der Waals surface area contributed by atoms with Gasteiger partial charge in [0.05, 0.1) is 30.1 Å². The van der Waals surface area contributed by atoms with Gasteiger partial charge >= 0.3 is 17.8 Å². The van der Waals surface area contributed by atoms with Crippen molar-refractivity contribution in [2.75, 3.05) is 17.7 Å². The minimum atomic E-state index is -1.02. The molecule has 0 unspecified atom stereocenters.